The quantitative estimate of drug-likeness (QED) is 0.378. The molecule has 6 heteroatoms. The van der Waals surface area contributed by atoms with Crippen LogP contribution in [0.25, 0.3) is 0 Å². The molecule has 0 aliphatic rings. The largest absolute Gasteiger partial charge is 0.463 e. The van der Waals surface area contributed by atoms with Crippen LogP contribution in [0.1, 0.15) is 10.4 Å². The fraction of sp³-hybridized carbons (Fsp3) is 0.273. The highest BCUT2D eigenvalue weighted by molar-refractivity contribution is 9.09. The lowest BCUT2D eigenvalue weighted by atomic mass is 10.1. The Bertz CT molecular complexity index is 383. The zero-order valence-electron chi connectivity index (χ0n) is 8.86. The van der Waals surface area contributed by atoms with Crippen LogP contribution in [0.4, 0.5) is 0 Å². The van der Waals surface area contributed by atoms with Gasteiger partial charge in [0.15, 0.2) is 0 Å². The summed E-state index contributed by atoms with van der Waals surface area (Å²) in [5.74, 6) is -0.403. The summed E-state index contributed by atoms with van der Waals surface area (Å²) in [5, 5.41) is 3.01. The van der Waals surface area contributed by atoms with Gasteiger partial charge in [-0.2, -0.15) is 0 Å². The Kier molecular flexibility index (Phi) is 6.00. The number of ether oxygens (including phenoxy) is 1. The van der Waals surface area contributed by atoms with Crippen molar-refractivity contribution in [3.05, 3.63) is 34.9 Å². The number of esters is 1. The fourth-order valence-electron chi connectivity index (χ4n) is 1.11. The van der Waals surface area contributed by atoms with E-state index in [1.165, 1.54) is 0 Å². The normalized spacial score (nSPS) is 11.6. The molecule has 0 heterocycles. The van der Waals surface area contributed by atoms with E-state index in [9.17, 15) is 9.59 Å². The number of nitrogens with one attached hydrogen (secondary N) is 1. The lowest BCUT2D eigenvalue weighted by Crippen LogP contribution is -2.21. The van der Waals surface area contributed by atoms with Crippen molar-refractivity contribution < 1.29 is 14.3 Å². The SMILES string of the molecule is O=CNCCOC(=O)C(Br)c1ccc(Cl)cc1. The standard InChI is InChI=1S/C11H11BrClNO3/c12-10(8-1-3-9(13)4-2-8)11(16)17-6-5-14-7-15/h1-4,7,10H,5-6H2,(H,14,15). The van der Waals surface area contributed by atoms with Gasteiger partial charge in [0.25, 0.3) is 0 Å². The highest BCUT2D eigenvalue weighted by Gasteiger charge is 2.18. The average Bonchev–Trinajstić information content (AvgIpc) is 2.34. The maximum absolute atomic E-state index is 11.6. The summed E-state index contributed by atoms with van der Waals surface area (Å²) in [7, 11) is 0. The second-order valence-corrected chi connectivity index (χ2v) is 4.51. The molecule has 1 amide bonds. The first-order valence-electron chi connectivity index (χ1n) is 4.88. The molecule has 0 aliphatic carbocycles. The molecule has 0 aliphatic heterocycles. The number of rotatable bonds is 6. The molecule has 0 fully saturated rings. The molecular weight excluding hydrogens is 309 g/mol. The first-order valence-corrected chi connectivity index (χ1v) is 6.17. The van der Waals surface area contributed by atoms with Crippen molar-refractivity contribution in [3.63, 3.8) is 0 Å². The van der Waals surface area contributed by atoms with E-state index in [0.29, 0.717) is 18.0 Å². The molecule has 0 spiro atoms. The highest BCUT2D eigenvalue weighted by Crippen LogP contribution is 2.25. The Morgan fingerprint density at radius 1 is 1.47 bits per heavy atom. The van der Waals surface area contributed by atoms with E-state index in [1.807, 2.05) is 0 Å². The molecule has 1 unspecified atom stereocenters. The van der Waals surface area contributed by atoms with Gasteiger partial charge in [-0.25, -0.2) is 0 Å². The van der Waals surface area contributed by atoms with Gasteiger partial charge in [-0.3, -0.25) is 9.59 Å². The van der Waals surface area contributed by atoms with Gasteiger partial charge < -0.3 is 10.1 Å². The van der Waals surface area contributed by atoms with Crippen molar-refractivity contribution in [2.75, 3.05) is 13.2 Å². The van der Waals surface area contributed by atoms with Gasteiger partial charge in [-0.15, -0.1) is 0 Å². The number of carbonyl (C=O) groups is 2. The number of halogens is 2. The van der Waals surface area contributed by atoms with Crippen molar-refractivity contribution >= 4 is 39.9 Å². The Morgan fingerprint density at radius 2 is 2.12 bits per heavy atom. The molecule has 4 nitrogen and oxygen atoms in total. The maximum Gasteiger partial charge on any atom is 0.324 e. The summed E-state index contributed by atoms with van der Waals surface area (Å²) < 4.78 is 4.95. The molecule has 1 atom stereocenters. The maximum atomic E-state index is 11.6. The summed E-state index contributed by atoms with van der Waals surface area (Å²) in [6.07, 6.45) is 0.554. The summed E-state index contributed by atoms with van der Waals surface area (Å²) in [4.78, 5) is 21.0. The van der Waals surface area contributed by atoms with Gasteiger partial charge >= 0.3 is 5.97 Å². The molecule has 1 aromatic carbocycles. The minimum atomic E-state index is -0.531. The third-order valence-electron chi connectivity index (χ3n) is 1.94. The lowest BCUT2D eigenvalue weighted by Gasteiger charge is -2.10. The zero-order chi connectivity index (χ0) is 12.7. The van der Waals surface area contributed by atoms with E-state index in [4.69, 9.17) is 16.3 Å². The fourth-order valence-corrected chi connectivity index (χ4v) is 1.67. The molecule has 0 aromatic heterocycles. The van der Waals surface area contributed by atoms with E-state index < -0.39 is 10.8 Å². The second kappa shape index (κ2) is 7.29. The molecule has 0 radical (unpaired) electrons. The van der Waals surface area contributed by atoms with Crippen LogP contribution in [-0.2, 0) is 14.3 Å². The van der Waals surface area contributed by atoms with Crippen molar-refractivity contribution in [3.8, 4) is 0 Å². The molecule has 0 saturated carbocycles. The predicted octanol–water partition coefficient (Wildman–Crippen LogP) is 2.07. The smallest absolute Gasteiger partial charge is 0.324 e. The molecule has 1 N–H and O–H groups in total. The van der Waals surface area contributed by atoms with Crippen molar-refractivity contribution in [1.82, 2.24) is 5.32 Å². The second-order valence-electron chi connectivity index (χ2n) is 3.15. The summed E-state index contributed by atoms with van der Waals surface area (Å²) in [6.45, 7) is 0.447. The number of benzene rings is 1. The Balaban J connectivity index is 2.46. The molecule has 17 heavy (non-hydrogen) atoms. The van der Waals surface area contributed by atoms with Gasteiger partial charge in [0, 0.05) is 5.02 Å². The van der Waals surface area contributed by atoms with Gasteiger partial charge in [0.2, 0.25) is 6.41 Å². The molecule has 92 valence electrons. The molecular formula is C11H11BrClNO3. The van der Waals surface area contributed by atoms with E-state index >= 15 is 0 Å². The van der Waals surface area contributed by atoms with Crippen LogP contribution in [0.15, 0.2) is 24.3 Å². The minimum absolute atomic E-state index is 0.146. The minimum Gasteiger partial charge on any atom is -0.463 e. The Hall–Kier alpha value is -1.07. The Labute approximate surface area is 112 Å². The highest BCUT2D eigenvalue weighted by atomic mass is 79.9. The van der Waals surface area contributed by atoms with Crippen LogP contribution >= 0.6 is 27.5 Å². The number of hydrogen-bond acceptors (Lipinski definition) is 3. The van der Waals surface area contributed by atoms with Crippen LogP contribution < -0.4 is 5.32 Å². The van der Waals surface area contributed by atoms with Crippen LogP contribution in [0.5, 0.6) is 0 Å². The van der Waals surface area contributed by atoms with Gasteiger partial charge in [-0.1, -0.05) is 39.7 Å². The zero-order valence-corrected chi connectivity index (χ0v) is 11.2. The van der Waals surface area contributed by atoms with Gasteiger partial charge in [-0.05, 0) is 17.7 Å². The van der Waals surface area contributed by atoms with E-state index in [1.54, 1.807) is 24.3 Å². The van der Waals surface area contributed by atoms with Crippen LogP contribution in [0.2, 0.25) is 5.02 Å². The van der Waals surface area contributed by atoms with E-state index in [2.05, 4.69) is 21.2 Å². The molecule has 0 bridgehead atoms. The molecule has 1 rings (SSSR count). The first kappa shape index (κ1) is 14.0. The lowest BCUT2D eigenvalue weighted by molar-refractivity contribution is -0.143. The van der Waals surface area contributed by atoms with Crippen molar-refractivity contribution in [2.24, 2.45) is 0 Å². The van der Waals surface area contributed by atoms with Crippen LogP contribution in [0.3, 0.4) is 0 Å². The summed E-state index contributed by atoms with van der Waals surface area (Å²) in [6, 6.07) is 6.89. The van der Waals surface area contributed by atoms with Gasteiger partial charge in [0.05, 0.1) is 6.54 Å². The number of carbonyl (C=O) groups excluding carboxylic acids is 2. The molecule has 0 saturated heterocycles. The van der Waals surface area contributed by atoms with E-state index in [-0.39, 0.29) is 6.61 Å². The predicted molar refractivity (Wildman–Crippen MR) is 68.1 cm³/mol. The number of hydrogen-bond donors (Lipinski definition) is 1. The third-order valence-corrected chi connectivity index (χ3v) is 3.10. The topological polar surface area (TPSA) is 55.4 Å². The summed E-state index contributed by atoms with van der Waals surface area (Å²) >= 11 is 8.98. The van der Waals surface area contributed by atoms with Crippen LogP contribution in [0, 0.1) is 0 Å². The van der Waals surface area contributed by atoms with Crippen molar-refractivity contribution in [2.45, 2.75) is 4.83 Å². The van der Waals surface area contributed by atoms with Crippen LogP contribution in [-0.4, -0.2) is 25.5 Å². The number of alkyl halides is 1. The summed E-state index contributed by atoms with van der Waals surface area (Å²) in [5.41, 5.74) is 0.766. The van der Waals surface area contributed by atoms with E-state index in [0.717, 1.165) is 5.56 Å². The Morgan fingerprint density at radius 3 is 2.71 bits per heavy atom. The third kappa shape index (κ3) is 4.75. The average molecular weight is 321 g/mol. The first-order chi connectivity index (χ1) is 8.15. The van der Waals surface area contributed by atoms with Crippen molar-refractivity contribution in [1.29, 1.82) is 0 Å². The monoisotopic (exact) mass is 319 g/mol. The number of amides is 1. The molecule has 1 aromatic rings. The van der Waals surface area contributed by atoms with Gasteiger partial charge in [0.1, 0.15) is 11.4 Å².